The number of pyridine rings is 1. The molecule has 0 saturated heterocycles. The molecule has 0 fully saturated rings. The molecular weight excluding hydrogens is 292 g/mol. The molecule has 0 aliphatic heterocycles. The van der Waals surface area contributed by atoms with E-state index in [2.05, 4.69) is 20.3 Å². The fourth-order valence-electron chi connectivity index (χ4n) is 1.85. The van der Waals surface area contributed by atoms with Gasteiger partial charge >= 0.3 is 0 Å². The van der Waals surface area contributed by atoms with Gasteiger partial charge in [-0.2, -0.15) is 0 Å². The van der Waals surface area contributed by atoms with Crippen LogP contribution >= 0.6 is 11.6 Å². The average molecular weight is 303 g/mol. The predicted octanol–water partition coefficient (Wildman–Crippen LogP) is 1.49. The highest BCUT2D eigenvalue weighted by atomic mass is 35.5. The SMILES string of the molecule is NC(=O)c1cncc(NCc2cn3cc(Cl)ccc3n2)n1. The van der Waals surface area contributed by atoms with Gasteiger partial charge < -0.3 is 15.5 Å². The highest BCUT2D eigenvalue weighted by molar-refractivity contribution is 6.30. The Labute approximate surface area is 124 Å². The summed E-state index contributed by atoms with van der Waals surface area (Å²) in [6.45, 7) is 0.441. The molecule has 3 rings (SSSR count). The summed E-state index contributed by atoms with van der Waals surface area (Å²) >= 11 is 5.92. The van der Waals surface area contributed by atoms with E-state index in [1.807, 2.05) is 16.7 Å². The van der Waals surface area contributed by atoms with Gasteiger partial charge in [-0.25, -0.2) is 9.97 Å². The van der Waals surface area contributed by atoms with E-state index in [1.54, 1.807) is 12.3 Å². The lowest BCUT2D eigenvalue weighted by Gasteiger charge is -2.03. The molecule has 0 aliphatic rings. The van der Waals surface area contributed by atoms with E-state index in [1.165, 1.54) is 12.4 Å². The van der Waals surface area contributed by atoms with E-state index in [-0.39, 0.29) is 5.69 Å². The number of primary amides is 1. The summed E-state index contributed by atoms with van der Waals surface area (Å²) in [7, 11) is 0. The van der Waals surface area contributed by atoms with Crippen LogP contribution in [0, 0.1) is 0 Å². The Kier molecular flexibility index (Phi) is 3.41. The van der Waals surface area contributed by atoms with Crippen molar-refractivity contribution in [3.05, 3.63) is 53.3 Å². The van der Waals surface area contributed by atoms with Crippen LogP contribution in [-0.4, -0.2) is 25.3 Å². The van der Waals surface area contributed by atoms with Crippen molar-refractivity contribution < 1.29 is 4.79 Å². The van der Waals surface area contributed by atoms with Gasteiger partial charge in [0.25, 0.3) is 5.91 Å². The first-order valence-electron chi connectivity index (χ1n) is 6.11. The van der Waals surface area contributed by atoms with Crippen LogP contribution in [0.15, 0.2) is 36.9 Å². The number of rotatable bonds is 4. The topological polar surface area (TPSA) is 98.2 Å². The normalized spacial score (nSPS) is 10.7. The molecule has 0 radical (unpaired) electrons. The number of amides is 1. The first-order chi connectivity index (χ1) is 10.1. The summed E-state index contributed by atoms with van der Waals surface area (Å²) in [6.07, 6.45) is 6.47. The Bertz CT molecular complexity index is 815. The lowest BCUT2D eigenvalue weighted by Crippen LogP contribution is -2.14. The molecule has 8 heteroatoms. The minimum Gasteiger partial charge on any atom is -0.364 e. The quantitative estimate of drug-likeness (QED) is 0.761. The number of carbonyl (C=O) groups is 1. The van der Waals surface area contributed by atoms with Gasteiger partial charge in [0.15, 0.2) is 0 Å². The number of imidazole rings is 1. The molecule has 0 aromatic carbocycles. The zero-order valence-corrected chi connectivity index (χ0v) is 11.6. The summed E-state index contributed by atoms with van der Waals surface area (Å²) in [5.74, 6) is -0.157. The van der Waals surface area contributed by atoms with Crippen molar-refractivity contribution in [2.45, 2.75) is 6.54 Å². The van der Waals surface area contributed by atoms with Gasteiger partial charge in [0.1, 0.15) is 17.2 Å². The van der Waals surface area contributed by atoms with Crippen LogP contribution in [0.3, 0.4) is 0 Å². The van der Waals surface area contributed by atoms with E-state index >= 15 is 0 Å². The number of anilines is 1. The van der Waals surface area contributed by atoms with Crippen LogP contribution in [0.1, 0.15) is 16.2 Å². The van der Waals surface area contributed by atoms with Crippen molar-refractivity contribution in [1.82, 2.24) is 19.4 Å². The second-order valence-electron chi connectivity index (χ2n) is 4.35. The highest BCUT2D eigenvalue weighted by Crippen LogP contribution is 2.12. The highest BCUT2D eigenvalue weighted by Gasteiger charge is 2.06. The fraction of sp³-hybridized carbons (Fsp3) is 0.0769. The summed E-state index contributed by atoms with van der Waals surface area (Å²) < 4.78 is 1.84. The first kappa shape index (κ1) is 13.3. The van der Waals surface area contributed by atoms with Gasteiger partial charge in [-0.05, 0) is 12.1 Å². The minimum atomic E-state index is -0.617. The molecule has 0 bridgehead atoms. The maximum Gasteiger partial charge on any atom is 0.268 e. The van der Waals surface area contributed by atoms with Gasteiger partial charge in [0.05, 0.1) is 29.7 Å². The maximum atomic E-state index is 11.0. The molecule has 0 unspecified atom stereocenters. The zero-order chi connectivity index (χ0) is 14.8. The molecule has 0 spiro atoms. The van der Waals surface area contributed by atoms with Gasteiger partial charge in [0.2, 0.25) is 0 Å². The third kappa shape index (κ3) is 2.92. The van der Waals surface area contributed by atoms with Crippen LogP contribution in [0.4, 0.5) is 5.82 Å². The first-order valence-corrected chi connectivity index (χ1v) is 6.48. The molecular formula is C13H11ClN6O. The van der Waals surface area contributed by atoms with Crippen molar-refractivity contribution in [2.24, 2.45) is 5.73 Å². The second kappa shape index (κ2) is 5.37. The molecule has 0 atom stereocenters. The molecule has 3 N–H and O–H groups in total. The molecule has 1 amide bonds. The lowest BCUT2D eigenvalue weighted by atomic mass is 10.4. The number of fused-ring (bicyclic) bond motifs is 1. The third-order valence-electron chi connectivity index (χ3n) is 2.80. The standard InChI is InChI=1S/C13H11ClN6O/c14-8-1-2-12-18-9(7-20(12)6-8)3-17-11-5-16-4-10(19-11)13(15)21/h1-2,4-7H,3H2,(H2,15,21)(H,17,19). The van der Waals surface area contributed by atoms with E-state index in [9.17, 15) is 4.79 Å². The van der Waals surface area contributed by atoms with Crippen LogP contribution in [0.5, 0.6) is 0 Å². The lowest BCUT2D eigenvalue weighted by molar-refractivity contribution is 0.0995. The van der Waals surface area contributed by atoms with Gasteiger partial charge in [0, 0.05) is 12.4 Å². The summed E-state index contributed by atoms with van der Waals surface area (Å²) in [6, 6.07) is 3.61. The van der Waals surface area contributed by atoms with Crippen molar-refractivity contribution >= 4 is 29.0 Å². The third-order valence-corrected chi connectivity index (χ3v) is 3.03. The Hall–Kier alpha value is -2.67. The molecule has 3 aromatic rings. The van der Waals surface area contributed by atoms with Gasteiger partial charge in [-0.15, -0.1) is 0 Å². The monoisotopic (exact) mass is 302 g/mol. The molecule has 0 aliphatic carbocycles. The number of nitrogens with two attached hydrogens (primary N) is 1. The van der Waals surface area contributed by atoms with Crippen molar-refractivity contribution in [2.75, 3.05) is 5.32 Å². The molecule has 106 valence electrons. The predicted molar refractivity (Wildman–Crippen MR) is 78.1 cm³/mol. The molecule has 0 saturated carbocycles. The van der Waals surface area contributed by atoms with E-state index < -0.39 is 5.91 Å². The van der Waals surface area contributed by atoms with E-state index in [0.717, 1.165) is 11.3 Å². The smallest absolute Gasteiger partial charge is 0.268 e. The zero-order valence-electron chi connectivity index (χ0n) is 10.8. The number of hydrogen-bond donors (Lipinski definition) is 2. The summed E-state index contributed by atoms with van der Waals surface area (Å²) in [5.41, 5.74) is 6.88. The number of aromatic nitrogens is 4. The van der Waals surface area contributed by atoms with Crippen molar-refractivity contribution in [1.29, 1.82) is 0 Å². The fourth-order valence-corrected chi connectivity index (χ4v) is 2.02. The van der Waals surface area contributed by atoms with Crippen LogP contribution in [-0.2, 0) is 6.54 Å². The van der Waals surface area contributed by atoms with Crippen molar-refractivity contribution in [3.63, 3.8) is 0 Å². The Morgan fingerprint density at radius 1 is 1.29 bits per heavy atom. The van der Waals surface area contributed by atoms with Crippen LogP contribution < -0.4 is 11.1 Å². The Morgan fingerprint density at radius 3 is 2.95 bits per heavy atom. The van der Waals surface area contributed by atoms with E-state index in [4.69, 9.17) is 17.3 Å². The number of halogens is 1. The molecule has 7 nitrogen and oxygen atoms in total. The maximum absolute atomic E-state index is 11.0. The minimum absolute atomic E-state index is 0.113. The van der Waals surface area contributed by atoms with Crippen LogP contribution in [0.25, 0.3) is 5.65 Å². The summed E-state index contributed by atoms with van der Waals surface area (Å²) in [5, 5.41) is 3.68. The average Bonchev–Trinajstić information content (AvgIpc) is 2.87. The van der Waals surface area contributed by atoms with Crippen molar-refractivity contribution in [3.8, 4) is 0 Å². The molecule has 3 heterocycles. The number of carbonyl (C=O) groups excluding carboxylic acids is 1. The summed E-state index contributed by atoms with van der Waals surface area (Å²) in [4.78, 5) is 23.4. The largest absolute Gasteiger partial charge is 0.364 e. The van der Waals surface area contributed by atoms with Crippen LogP contribution in [0.2, 0.25) is 5.02 Å². The van der Waals surface area contributed by atoms with E-state index in [0.29, 0.717) is 17.4 Å². The number of hydrogen-bond acceptors (Lipinski definition) is 5. The second-order valence-corrected chi connectivity index (χ2v) is 4.79. The Balaban J connectivity index is 1.77. The van der Waals surface area contributed by atoms with Gasteiger partial charge in [-0.1, -0.05) is 11.6 Å². The molecule has 21 heavy (non-hydrogen) atoms. The van der Waals surface area contributed by atoms with Gasteiger partial charge in [-0.3, -0.25) is 9.78 Å². The number of nitrogens with zero attached hydrogens (tertiary/aromatic N) is 4. The molecule has 3 aromatic heterocycles. The number of nitrogens with one attached hydrogen (secondary N) is 1. The Morgan fingerprint density at radius 2 is 2.14 bits per heavy atom.